The van der Waals surface area contributed by atoms with Gasteiger partial charge in [-0.3, -0.25) is 10.4 Å². The number of fused-ring (bicyclic) bond motifs is 1. The average molecular weight is 276 g/mol. The molecule has 3 rings (SSSR count). The van der Waals surface area contributed by atoms with Gasteiger partial charge in [0.1, 0.15) is 0 Å². The lowest BCUT2D eigenvalue weighted by Gasteiger charge is -2.23. The molecule has 16 heavy (non-hydrogen) atoms. The number of nitrogens with zero attached hydrogens (tertiary/aromatic N) is 2. The van der Waals surface area contributed by atoms with Crippen molar-refractivity contribution in [3.05, 3.63) is 54.2 Å². The van der Waals surface area contributed by atoms with Crippen molar-refractivity contribution in [3.8, 4) is 0 Å². The highest BCUT2D eigenvalue weighted by Gasteiger charge is 2.22. The van der Waals surface area contributed by atoms with E-state index in [4.69, 9.17) is 0 Å². The second-order valence-electron chi connectivity index (χ2n) is 3.66. The first-order chi connectivity index (χ1) is 7.83. The Balaban J connectivity index is 1.91. The Labute approximate surface area is 102 Å². The number of hydrogen-bond acceptors (Lipinski definition) is 3. The standard InChI is InChI=1S/C12H10BrN3/c13-12-14-11-7-6-10(8-16(11)15-12)9-4-2-1-3-5-9/h1-8,11H,(H,14,15). The number of halogens is 1. The summed E-state index contributed by atoms with van der Waals surface area (Å²) in [6.07, 6.45) is 6.32. The average Bonchev–Trinajstić information content (AvgIpc) is 2.69. The molecule has 0 bridgehead atoms. The monoisotopic (exact) mass is 275 g/mol. The number of hydrogen-bond donors (Lipinski definition) is 1. The van der Waals surface area contributed by atoms with Crippen LogP contribution in [0.4, 0.5) is 0 Å². The SMILES string of the molecule is BrC1=NC2C=CC(c3ccccc3)=CN2N1. The summed E-state index contributed by atoms with van der Waals surface area (Å²) in [4.78, 5) is 4.36. The van der Waals surface area contributed by atoms with Gasteiger partial charge in [-0.15, -0.1) is 0 Å². The van der Waals surface area contributed by atoms with Crippen molar-refractivity contribution < 1.29 is 0 Å². The molecule has 2 aliphatic heterocycles. The van der Waals surface area contributed by atoms with E-state index in [1.54, 1.807) is 0 Å². The van der Waals surface area contributed by atoms with E-state index in [1.807, 2.05) is 23.2 Å². The van der Waals surface area contributed by atoms with Crippen LogP contribution >= 0.6 is 15.9 Å². The number of aliphatic imine (C=N–C) groups is 1. The van der Waals surface area contributed by atoms with E-state index in [-0.39, 0.29) is 6.17 Å². The van der Waals surface area contributed by atoms with Gasteiger partial charge in [-0.2, -0.15) is 0 Å². The van der Waals surface area contributed by atoms with Crippen LogP contribution in [0.15, 0.2) is 53.7 Å². The minimum Gasteiger partial charge on any atom is -0.274 e. The Bertz CT molecular complexity index is 490. The number of amidine groups is 1. The van der Waals surface area contributed by atoms with Crippen LogP contribution in [0.5, 0.6) is 0 Å². The number of allylic oxidation sites excluding steroid dienone is 2. The van der Waals surface area contributed by atoms with Crippen molar-refractivity contribution >= 4 is 26.2 Å². The third-order valence-corrected chi connectivity index (χ3v) is 2.97. The van der Waals surface area contributed by atoms with E-state index in [2.05, 4.69) is 56.8 Å². The van der Waals surface area contributed by atoms with E-state index < -0.39 is 0 Å². The summed E-state index contributed by atoms with van der Waals surface area (Å²) in [5.41, 5.74) is 5.52. The fourth-order valence-electron chi connectivity index (χ4n) is 1.81. The Morgan fingerprint density at radius 3 is 2.88 bits per heavy atom. The molecule has 1 unspecified atom stereocenters. The molecule has 2 aliphatic rings. The van der Waals surface area contributed by atoms with E-state index in [0.29, 0.717) is 0 Å². The minimum absolute atomic E-state index is 0.0711. The highest BCUT2D eigenvalue weighted by atomic mass is 79.9. The molecule has 1 atom stereocenters. The maximum absolute atomic E-state index is 4.36. The molecular formula is C12H10BrN3. The van der Waals surface area contributed by atoms with Gasteiger partial charge in [0.05, 0.1) is 0 Å². The molecule has 1 aromatic rings. The van der Waals surface area contributed by atoms with Gasteiger partial charge in [-0.05, 0) is 33.1 Å². The predicted molar refractivity (Wildman–Crippen MR) is 68.7 cm³/mol. The topological polar surface area (TPSA) is 27.6 Å². The molecule has 4 heteroatoms. The molecule has 0 amide bonds. The third-order valence-electron chi connectivity index (χ3n) is 2.59. The molecule has 80 valence electrons. The lowest BCUT2D eigenvalue weighted by Crippen LogP contribution is -2.35. The van der Waals surface area contributed by atoms with E-state index >= 15 is 0 Å². The zero-order valence-electron chi connectivity index (χ0n) is 8.47. The van der Waals surface area contributed by atoms with E-state index in [9.17, 15) is 0 Å². The zero-order chi connectivity index (χ0) is 11.0. The molecule has 0 aliphatic carbocycles. The zero-order valence-corrected chi connectivity index (χ0v) is 10.1. The summed E-state index contributed by atoms with van der Waals surface area (Å²) in [7, 11) is 0. The molecule has 0 saturated carbocycles. The highest BCUT2D eigenvalue weighted by Crippen LogP contribution is 2.24. The van der Waals surface area contributed by atoms with E-state index in [1.165, 1.54) is 11.1 Å². The van der Waals surface area contributed by atoms with Crippen molar-refractivity contribution in [3.63, 3.8) is 0 Å². The third kappa shape index (κ3) is 1.65. The summed E-state index contributed by atoms with van der Waals surface area (Å²) in [6.45, 7) is 0. The molecule has 0 fully saturated rings. The van der Waals surface area contributed by atoms with Gasteiger partial charge in [0.15, 0.2) is 10.9 Å². The molecule has 0 spiro atoms. The smallest absolute Gasteiger partial charge is 0.187 e. The largest absolute Gasteiger partial charge is 0.274 e. The van der Waals surface area contributed by atoms with Crippen LogP contribution in [-0.4, -0.2) is 15.9 Å². The van der Waals surface area contributed by atoms with Crippen LogP contribution in [-0.2, 0) is 0 Å². The van der Waals surface area contributed by atoms with Gasteiger partial charge in [0.2, 0.25) is 0 Å². The summed E-state index contributed by atoms with van der Waals surface area (Å²) >= 11 is 3.34. The molecule has 1 aromatic carbocycles. The Kier molecular flexibility index (Phi) is 2.29. The molecule has 3 nitrogen and oxygen atoms in total. The van der Waals surface area contributed by atoms with Gasteiger partial charge < -0.3 is 0 Å². The fourth-order valence-corrected chi connectivity index (χ4v) is 2.22. The van der Waals surface area contributed by atoms with E-state index in [0.717, 1.165) is 4.74 Å². The van der Waals surface area contributed by atoms with Crippen LogP contribution in [0.2, 0.25) is 0 Å². The van der Waals surface area contributed by atoms with Crippen LogP contribution < -0.4 is 5.43 Å². The first-order valence-electron chi connectivity index (χ1n) is 5.07. The van der Waals surface area contributed by atoms with Crippen LogP contribution in [0, 0.1) is 0 Å². The molecule has 2 heterocycles. The lowest BCUT2D eigenvalue weighted by molar-refractivity contribution is 0.317. The lowest BCUT2D eigenvalue weighted by atomic mass is 10.0. The molecular weight excluding hydrogens is 266 g/mol. The van der Waals surface area contributed by atoms with Crippen LogP contribution in [0.25, 0.3) is 5.57 Å². The summed E-state index contributed by atoms with van der Waals surface area (Å²) < 4.78 is 0.771. The number of nitrogens with one attached hydrogen (secondary N) is 1. The van der Waals surface area contributed by atoms with Crippen molar-refractivity contribution in [2.24, 2.45) is 4.99 Å². The highest BCUT2D eigenvalue weighted by molar-refractivity contribution is 9.18. The molecule has 0 aromatic heterocycles. The molecule has 1 N–H and O–H groups in total. The first-order valence-corrected chi connectivity index (χ1v) is 5.86. The predicted octanol–water partition coefficient (Wildman–Crippen LogP) is 2.49. The number of rotatable bonds is 1. The second kappa shape index (κ2) is 3.79. The molecule has 0 radical (unpaired) electrons. The second-order valence-corrected chi connectivity index (χ2v) is 4.41. The summed E-state index contributed by atoms with van der Waals surface area (Å²) in [5.74, 6) is 0. The summed E-state index contributed by atoms with van der Waals surface area (Å²) in [6, 6.07) is 10.3. The van der Waals surface area contributed by atoms with Crippen molar-refractivity contribution in [1.29, 1.82) is 0 Å². The van der Waals surface area contributed by atoms with Crippen molar-refractivity contribution in [1.82, 2.24) is 10.4 Å². The number of benzene rings is 1. The minimum atomic E-state index is 0.0711. The van der Waals surface area contributed by atoms with Gasteiger partial charge in [0.25, 0.3) is 0 Å². The Morgan fingerprint density at radius 1 is 1.25 bits per heavy atom. The maximum Gasteiger partial charge on any atom is 0.187 e. The first kappa shape index (κ1) is 9.66. The Morgan fingerprint density at radius 2 is 2.06 bits per heavy atom. The molecule has 0 saturated heterocycles. The normalized spacial score (nSPS) is 22.3. The van der Waals surface area contributed by atoms with Gasteiger partial charge in [0, 0.05) is 6.20 Å². The Hall–Kier alpha value is -1.55. The van der Waals surface area contributed by atoms with Crippen LogP contribution in [0.3, 0.4) is 0 Å². The fraction of sp³-hybridized carbons (Fsp3) is 0.0833. The van der Waals surface area contributed by atoms with Crippen LogP contribution in [0.1, 0.15) is 5.56 Å². The van der Waals surface area contributed by atoms with Crippen molar-refractivity contribution in [2.45, 2.75) is 6.17 Å². The van der Waals surface area contributed by atoms with Gasteiger partial charge in [-0.1, -0.05) is 36.4 Å². The quantitative estimate of drug-likeness (QED) is 0.798. The van der Waals surface area contributed by atoms with Gasteiger partial charge in [-0.25, -0.2) is 4.99 Å². The maximum atomic E-state index is 4.36. The summed E-state index contributed by atoms with van der Waals surface area (Å²) in [5, 5.41) is 1.98. The number of hydrazine groups is 1. The van der Waals surface area contributed by atoms with Crippen molar-refractivity contribution in [2.75, 3.05) is 0 Å². The van der Waals surface area contributed by atoms with Gasteiger partial charge >= 0.3 is 0 Å².